The molecular weight excluding hydrogens is 288 g/mol. The molecule has 0 bridgehead atoms. The Morgan fingerprint density at radius 3 is 2.95 bits per heavy atom. The first kappa shape index (κ1) is 14.7. The van der Waals surface area contributed by atoms with Gasteiger partial charge in [0, 0.05) is 18.6 Å². The van der Waals surface area contributed by atoms with Gasteiger partial charge in [-0.1, -0.05) is 23.7 Å². The lowest BCUT2D eigenvalue weighted by Crippen LogP contribution is -2.42. The normalized spacial score (nSPS) is 21.8. The summed E-state index contributed by atoms with van der Waals surface area (Å²) in [6.45, 7) is 0.394. The van der Waals surface area contributed by atoms with Crippen LogP contribution in [0.5, 0.6) is 0 Å². The summed E-state index contributed by atoms with van der Waals surface area (Å²) in [6, 6.07) is 5.73. The van der Waals surface area contributed by atoms with E-state index in [1.165, 1.54) is 0 Å². The van der Waals surface area contributed by atoms with E-state index in [0.717, 1.165) is 41.8 Å². The highest BCUT2D eigenvalue weighted by atomic mass is 35.5. The van der Waals surface area contributed by atoms with Crippen molar-refractivity contribution in [1.29, 1.82) is 0 Å². The summed E-state index contributed by atoms with van der Waals surface area (Å²) in [5.41, 5.74) is 2.26. The van der Waals surface area contributed by atoms with Gasteiger partial charge >= 0.3 is 6.03 Å². The zero-order valence-electron chi connectivity index (χ0n) is 12.2. The fraction of sp³-hybridized carbons (Fsp3) is 0.562. The maximum atomic E-state index is 12.2. The number of carbonyl (C=O) groups excluding carboxylic acids is 1. The Hall–Kier alpha value is -1.26. The first-order chi connectivity index (χ1) is 10.1. The first-order valence-corrected chi connectivity index (χ1v) is 7.91. The fourth-order valence-electron chi connectivity index (χ4n) is 3.01. The van der Waals surface area contributed by atoms with Crippen LogP contribution in [-0.4, -0.2) is 35.7 Å². The molecule has 1 fully saturated rings. The molecule has 0 aromatic heterocycles. The van der Waals surface area contributed by atoms with Gasteiger partial charge in [0.15, 0.2) is 0 Å². The number of aliphatic hydroxyl groups excluding tert-OH is 1. The zero-order valence-corrected chi connectivity index (χ0v) is 12.9. The molecule has 1 aromatic carbocycles. The van der Waals surface area contributed by atoms with Crippen molar-refractivity contribution >= 4 is 17.6 Å². The van der Waals surface area contributed by atoms with Gasteiger partial charge in [-0.15, -0.1) is 0 Å². The third-order valence-corrected chi connectivity index (χ3v) is 4.84. The van der Waals surface area contributed by atoms with Crippen LogP contribution in [0.3, 0.4) is 0 Å². The van der Waals surface area contributed by atoms with Crippen LogP contribution in [0, 0.1) is 5.92 Å². The molecule has 1 saturated carbocycles. The average Bonchev–Trinajstić information content (AvgIpc) is 3.22. The number of nitrogens with one attached hydrogen (secondary N) is 1. The molecule has 2 aliphatic rings. The van der Waals surface area contributed by atoms with Crippen molar-refractivity contribution < 1.29 is 9.90 Å². The zero-order chi connectivity index (χ0) is 15.0. The number of hydrogen-bond acceptors (Lipinski definition) is 2. The number of hydrogen-bond donors (Lipinski definition) is 2. The number of halogens is 1. The molecule has 0 aliphatic heterocycles. The number of nitrogens with zero attached hydrogens (tertiary/aromatic N) is 1. The molecular formula is C16H21ClN2O2. The molecule has 114 valence electrons. The van der Waals surface area contributed by atoms with Crippen LogP contribution in [0.4, 0.5) is 4.79 Å². The second-order valence-electron chi connectivity index (χ2n) is 6.13. The minimum atomic E-state index is -0.397. The van der Waals surface area contributed by atoms with Crippen LogP contribution in [-0.2, 0) is 6.42 Å². The molecule has 2 N–H and O–H groups in total. The number of carbonyl (C=O) groups is 1. The monoisotopic (exact) mass is 308 g/mol. The van der Waals surface area contributed by atoms with E-state index in [1.54, 1.807) is 11.9 Å². The number of amides is 2. The smallest absolute Gasteiger partial charge is 0.317 e. The Morgan fingerprint density at radius 1 is 1.48 bits per heavy atom. The SMILES string of the molecule is CN(CC(O)C1CC1)C(=O)NC1CCc2c(Cl)cccc21. The molecule has 1 aromatic rings. The minimum absolute atomic E-state index is 0.0201. The predicted molar refractivity (Wildman–Crippen MR) is 82.4 cm³/mol. The van der Waals surface area contributed by atoms with Crippen LogP contribution < -0.4 is 5.32 Å². The summed E-state index contributed by atoms with van der Waals surface area (Å²) >= 11 is 6.19. The summed E-state index contributed by atoms with van der Waals surface area (Å²) in [4.78, 5) is 13.8. The lowest BCUT2D eigenvalue weighted by Gasteiger charge is -2.24. The van der Waals surface area contributed by atoms with Crippen LogP contribution in [0.15, 0.2) is 18.2 Å². The summed E-state index contributed by atoms with van der Waals surface area (Å²) < 4.78 is 0. The van der Waals surface area contributed by atoms with Crippen LogP contribution in [0.2, 0.25) is 5.02 Å². The first-order valence-electron chi connectivity index (χ1n) is 7.53. The van der Waals surface area contributed by atoms with Gasteiger partial charge < -0.3 is 15.3 Å². The third-order valence-electron chi connectivity index (χ3n) is 4.49. The maximum absolute atomic E-state index is 12.2. The fourth-order valence-corrected chi connectivity index (χ4v) is 3.29. The molecule has 3 rings (SSSR count). The number of fused-ring (bicyclic) bond motifs is 1. The van der Waals surface area contributed by atoms with Crippen molar-refractivity contribution in [3.63, 3.8) is 0 Å². The summed E-state index contributed by atoms with van der Waals surface area (Å²) in [5.74, 6) is 0.381. The lowest BCUT2D eigenvalue weighted by molar-refractivity contribution is 0.112. The van der Waals surface area contributed by atoms with Gasteiger partial charge in [-0.3, -0.25) is 0 Å². The van der Waals surface area contributed by atoms with Crippen LogP contribution >= 0.6 is 11.6 Å². The van der Waals surface area contributed by atoms with Gasteiger partial charge in [0.1, 0.15) is 0 Å². The number of likely N-dealkylation sites (N-methyl/N-ethyl adjacent to an activating group) is 1. The van der Waals surface area contributed by atoms with Crippen molar-refractivity contribution in [1.82, 2.24) is 10.2 Å². The van der Waals surface area contributed by atoms with Gasteiger partial charge in [-0.25, -0.2) is 4.79 Å². The third kappa shape index (κ3) is 3.16. The minimum Gasteiger partial charge on any atom is -0.391 e. The molecule has 2 aliphatic carbocycles. The average molecular weight is 309 g/mol. The Labute approximate surface area is 130 Å². The van der Waals surface area contributed by atoms with Crippen molar-refractivity contribution in [3.05, 3.63) is 34.3 Å². The highest BCUT2D eigenvalue weighted by Gasteiger charge is 2.32. The molecule has 0 spiro atoms. The van der Waals surface area contributed by atoms with Crippen LogP contribution in [0.25, 0.3) is 0 Å². The van der Waals surface area contributed by atoms with Gasteiger partial charge in [0.2, 0.25) is 0 Å². The Kier molecular flexibility index (Phi) is 4.09. The number of urea groups is 1. The Morgan fingerprint density at radius 2 is 2.24 bits per heavy atom. The predicted octanol–water partition coefficient (Wildman–Crippen LogP) is 2.74. The summed E-state index contributed by atoms with van der Waals surface area (Å²) in [5, 5.41) is 13.7. The van der Waals surface area contributed by atoms with E-state index in [1.807, 2.05) is 18.2 Å². The van der Waals surface area contributed by atoms with Gasteiger partial charge in [-0.2, -0.15) is 0 Å². The topological polar surface area (TPSA) is 52.6 Å². The van der Waals surface area contributed by atoms with E-state index in [2.05, 4.69) is 5.32 Å². The number of benzene rings is 1. The molecule has 21 heavy (non-hydrogen) atoms. The summed E-state index contributed by atoms with van der Waals surface area (Å²) in [7, 11) is 1.73. The number of aliphatic hydroxyl groups is 1. The maximum Gasteiger partial charge on any atom is 0.317 e. The summed E-state index contributed by atoms with van der Waals surface area (Å²) in [6.07, 6.45) is 3.53. The van der Waals surface area contributed by atoms with E-state index in [0.29, 0.717) is 12.5 Å². The van der Waals surface area contributed by atoms with E-state index < -0.39 is 6.10 Å². The number of rotatable bonds is 4. The highest BCUT2D eigenvalue weighted by Crippen LogP contribution is 2.35. The van der Waals surface area contributed by atoms with E-state index in [9.17, 15) is 9.90 Å². The van der Waals surface area contributed by atoms with Gasteiger partial charge in [-0.05, 0) is 48.8 Å². The molecule has 0 saturated heterocycles. The van der Waals surface area contributed by atoms with E-state index >= 15 is 0 Å². The second-order valence-corrected chi connectivity index (χ2v) is 6.54. The molecule has 4 nitrogen and oxygen atoms in total. The van der Waals surface area contributed by atoms with Crippen molar-refractivity contribution in [2.75, 3.05) is 13.6 Å². The van der Waals surface area contributed by atoms with Crippen molar-refractivity contribution in [3.8, 4) is 0 Å². The second kappa shape index (κ2) is 5.85. The Bertz CT molecular complexity index is 545. The van der Waals surface area contributed by atoms with Gasteiger partial charge in [0.05, 0.1) is 12.1 Å². The van der Waals surface area contributed by atoms with E-state index in [-0.39, 0.29) is 12.1 Å². The molecule has 0 heterocycles. The molecule has 2 unspecified atom stereocenters. The van der Waals surface area contributed by atoms with Crippen molar-refractivity contribution in [2.24, 2.45) is 5.92 Å². The molecule has 2 atom stereocenters. The van der Waals surface area contributed by atoms with Crippen molar-refractivity contribution in [2.45, 2.75) is 37.8 Å². The van der Waals surface area contributed by atoms with Crippen LogP contribution in [0.1, 0.15) is 36.4 Å². The Balaban J connectivity index is 1.60. The van der Waals surface area contributed by atoms with E-state index in [4.69, 9.17) is 11.6 Å². The quantitative estimate of drug-likeness (QED) is 0.898. The van der Waals surface area contributed by atoms with Gasteiger partial charge in [0.25, 0.3) is 0 Å². The molecule has 0 radical (unpaired) electrons. The molecule has 5 heteroatoms. The lowest BCUT2D eigenvalue weighted by atomic mass is 10.1. The highest BCUT2D eigenvalue weighted by molar-refractivity contribution is 6.31. The largest absolute Gasteiger partial charge is 0.391 e. The molecule has 2 amide bonds. The standard InChI is InChI=1S/C16H21ClN2O2/c1-19(9-15(20)10-5-6-10)16(21)18-14-8-7-11-12(14)3-2-4-13(11)17/h2-4,10,14-15,20H,5-9H2,1H3,(H,18,21).